The summed E-state index contributed by atoms with van der Waals surface area (Å²) in [5.74, 6) is 5.00. The maximum atomic E-state index is 10.3. The summed E-state index contributed by atoms with van der Waals surface area (Å²) < 4.78 is 6.08. The molecular weight excluding hydrogens is 264 g/mol. The summed E-state index contributed by atoms with van der Waals surface area (Å²) >= 11 is 3.94. The molecule has 2 unspecified atom stereocenters. The molecule has 0 saturated carbocycles. The summed E-state index contributed by atoms with van der Waals surface area (Å²) in [6.07, 6.45) is 5.57. The van der Waals surface area contributed by atoms with E-state index in [0.29, 0.717) is 5.92 Å². The first kappa shape index (κ1) is 15.0. The van der Waals surface area contributed by atoms with Gasteiger partial charge in [0, 0.05) is 12.4 Å². The van der Waals surface area contributed by atoms with Gasteiger partial charge in [-0.15, -0.1) is 0 Å². The van der Waals surface area contributed by atoms with Crippen LogP contribution in [0.2, 0.25) is 0 Å². The zero-order valence-corrected chi connectivity index (χ0v) is 13.0. The van der Waals surface area contributed by atoms with Gasteiger partial charge in [-0.3, -0.25) is 0 Å². The van der Waals surface area contributed by atoms with Crippen LogP contribution in [-0.4, -0.2) is 46.4 Å². The molecular formula is C14H26O2S2. The van der Waals surface area contributed by atoms with Gasteiger partial charge in [-0.05, 0) is 55.3 Å². The number of aliphatic hydroxyl groups excluding tert-OH is 1. The normalized spacial score (nSPS) is 29.3. The number of rotatable bonds is 5. The van der Waals surface area contributed by atoms with E-state index in [-0.39, 0.29) is 11.7 Å². The molecule has 4 heteroatoms. The third-order valence-corrected chi connectivity index (χ3v) is 6.38. The molecule has 2 aliphatic heterocycles. The topological polar surface area (TPSA) is 29.5 Å². The van der Waals surface area contributed by atoms with Crippen LogP contribution in [0.5, 0.6) is 0 Å². The van der Waals surface area contributed by atoms with Crippen molar-refractivity contribution in [3.8, 4) is 0 Å². The second-order valence-electron chi connectivity index (χ2n) is 5.54. The summed E-state index contributed by atoms with van der Waals surface area (Å²) in [6, 6.07) is 0. The zero-order chi connectivity index (χ0) is 12.8. The van der Waals surface area contributed by atoms with E-state index >= 15 is 0 Å². The number of aliphatic hydroxyl groups is 1. The second-order valence-corrected chi connectivity index (χ2v) is 7.91. The fourth-order valence-electron chi connectivity index (χ4n) is 2.97. The van der Waals surface area contributed by atoms with Gasteiger partial charge in [-0.1, -0.05) is 6.92 Å². The Hall–Kier alpha value is 0.620. The van der Waals surface area contributed by atoms with Crippen LogP contribution in [0, 0.1) is 5.92 Å². The van der Waals surface area contributed by atoms with Crippen molar-refractivity contribution < 1.29 is 9.84 Å². The SMILES string of the molecule is CCCSCC(O)C1CCOC2(CCSCC2)C1. The van der Waals surface area contributed by atoms with Crippen LogP contribution in [0.25, 0.3) is 0 Å². The van der Waals surface area contributed by atoms with E-state index in [0.717, 1.165) is 25.2 Å². The predicted octanol–water partition coefficient (Wildman–Crippen LogP) is 3.18. The highest BCUT2D eigenvalue weighted by Gasteiger charge is 2.40. The molecule has 0 aromatic carbocycles. The Bertz CT molecular complexity index is 236. The van der Waals surface area contributed by atoms with Crippen LogP contribution in [0.4, 0.5) is 0 Å². The quantitative estimate of drug-likeness (QED) is 0.788. The van der Waals surface area contributed by atoms with Gasteiger partial charge < -0.3 is 9.84 Å². The molecule has 2 aliphatic rings. The Morgan fingerprint density at radius 2 is 2.22 bits per heavy atom. The van der Waals surface area contributed by atoms with E-state index in [9.17, 15) is 5.11 Å². The first-order valence-corrected chi connectivity index (χ1v) is 9.54. The molecule has 2 atom stereocenters. The van der Waals surface area contributed by atoms with Crippen molar-refractivity contribution in [3.05, 3.63) is 0 Å². The molecule has 2 fully saturated rings. The van der Waals surface area contributed by atoms with Gasteiger partial charge >= 0.3 is 0 Å². The molecule has 0 aromatic rings. The number of ether oxygens (including phenoxy) is 1. The molecule has 106 valence electrons. The number of thioether (sulfide) groups is 2. The average molecular weight is 290 g/mol. The lowest BCUT2D eigenvalue weighted by Crippen LogP contribution is -2.45. The van der Waals surface area contributed by atoms with Crippen molar-refractivity contribution in [2.75, 3.05) is 29.6 Å². The molecule has 1 spiro atoms. The van der Waals surface area contributed by atoms with E-state index in [1.165, 1.54) is 36.5 Å². The van der Waals surface area contributed by atoms with E-state index in [1.807, 2.05) is 23.5 Å². The van der Waals surface area contributed by atoms with Crippen molar-refractivity contribution >= 4 is 23.5 Å². The van der Waals surface area contributed by atoms with Crippen LogP contribution in [0.15, 0.2) is 0 Å². The maximum absolute atomic E-state index is 10.3. The van der Waals surface area contributed by atoms with Crippen molar-refractivity contribution in [2.24, 2.45) is 5.92 Å². The van der Waals surface area contributed by atoms with Gasteiger partial charge in [0.1, 0.15) is 0 Å². The van der Waals surface area contributed by atoms with Crippen LogP contribution >= 0.6 is 23.5 Å². The van der Waals surface area contributed by atoms with Gasteiger partial charge in [0.2, 0.25) is 0 Å². The Morgan fingerprint density at radius 1 is 1.44 bits per heavy atom. The Kier molecular flexibility index (Phi) is 6.19. The van der Waals surface area contributed by atoms with Gasteiger partial charge in [-0.2, -0.15) is 23.5 Å². The smallest absolute Gasteiger partial charge is 0.0701 e. The summed E-state index contributed by atoms with van der Waals surface area (Å²) in [4.78, 5) is 0. The fraction of sp³-hybridized carbons (Fsp3) is 1.00. The van der Waals surface area contributed by atoms with E-state index in [4.69, 9.17) is 4.74 Å². The van der Waals surface area contributed by atoms with Gasteiger partial charge in [0.25, 0.3) is 0 Å². The lowest BCUT2D eigenvalue weighted by molar-refractivity contribution is -0.117. The Balaban J connectivity index is 1.81. The minimum absolute atomic E-state index is 0.116. The fourth-order valence-corrected chi connectivity index (χ4v) is 5.18. The minimum atomic E-state index is -0.128. The summed E-state index contributed by atoms with van der Waals surface area (Å²) in [5.41, 5.74) is 0.116. The van der Waals surface area contributed by atoms with Crippen LogP contribution in [-0.2, 0) is 4.74 Å². The van der Waals surface area contributed by atoms with Crippen LogP contribution < -0.4 is 0 Å². The zero-order valence-electron chi connectivity index (χ0n) is 11.4. The summed E-state index contributed by atoms with van der Waals surface area (Å²) in [7, 11) is 0. The molecule has 1 N–H and O–H groups in total. The molecule has 2 heterocycles. The van der Waals surface area contributed by atoms with Crippen molar-refractivity contribution in [1.82, 2.24) is 0 Å². The highest BCUT2D eigenvalue weighted by atomic mass is 32.2. The Morgan fingerprint density at radius 3 is 2.94 bits per heavy atom. The van der Waals surface area contributed by atoms with Gasteiger partial charge in [-0.25, -0.2) is 0 Å². The van der Waals surface area contributed by atoms with Crippen molar-refractivity contribution in [3.63, 3.8) is 0 Å². The van der Waals surface area contributed by atoms with E-state index in [1.54, 1.807) is 0 Å². The monoisotopic (exact) mass is 290 g/mol. The van der Waals surface area contributed by atoms with Crippen LogP contribution in [0.3, 0.4) is 0 Å². The highest BCUT2D eigenvalue weighted by molar-refractivity contribution is 7.99. The maximum Gasteiger partial charge on any atom is 0.0701 e. The van der Waals surface area contributed by atoms with Gasteiger partial charge in [0.05, 0.1) is 11.7 Å². The highest BCUT2D eigenvalue weighted by Crippen LogP contribution is 2.40. The molecule has 2 saturated heterocycles. The largest absolute Gasteiger partial charge is 0.392 e. The summed E-state index contributed by atoms with van der Waals surface area (Å²) in [6.45, 7) is 3.05. The first-order chi connectivity index (χ1) is 8.76. The summed E-state index contributed by atoms with van der Waals surface area (Å²) in [5, 5.41) is 10.3. The number of hydrogen-bond acceptors (Lipinski definition) is 4. The first-order valence-electron chi connectivity index (χ1n) is 7.23. The Labute approximate surface area is 120 Å². The van der Waals surface area contributed by atoms with Crippen LogP contribution in [0.1, 0.15) is 39.0 Å². The minimum Gasteiger partial charge on any atom is -0.392 e. The standard InChI is InChI=1S/C14H26O2S2/c1-2-7-18-11-13(15)12-3-6-16-14(10-12)4-8-17-9-5-14/h12-13,15H,2-11H2,1H3. The van der Waals surface area contributed by atoms with Gasteiger partial charge in [0.15, 0.2) is 0 Å². The van der Waals surface area contributed by atoms with E-state index < -0.39 is 0 Å². The second kappa shape index (κ2) is 7.41. The predicted molar refractivity (Wildman–Crippen MR) is 81.6 cm³/mol. The average Bonchev–Trinajstić information content (AvgIpc) is 2.40. The molecule has 18 heavy (non-hydrogen) atoms. The lowest BCUT2D eigenvalue weighted by atomic mass is 9.80. The van der Waals surface area contributed by atoms with E-state index in [2.05, 4.69) is 6.92 Å². The molecule has 0 bridgehead atoms. The molecule has 0 radical (unpaired) electrons. The molecule has 0 amide bonds. The molecule has 0 aromatic heterocycles. The molecule has 0 aliphatic carbocycles. The lowest BCUT2D eigenvalue weighted by Gasteiger charge is -2.44. The molecule has 2 rings (SSSR count). The van der Waals surface area contributed by atoms with Crippen molar-refractivity contribution in [2.45, 2.75) is 50.7 Å². The third-order valence-electron chi connectivity index (χ3n) is 4.12. The number of hydrogen-bond donors (Lipinski definition) is 1. The van der Waals surface area contributed by atoms with Crippen molar-refractivity contribution in [1.29, 1.82) is 0 Å². The third kappa shape index (κ3) is 4.06. The molecule has 2 nitrogen and oxygen atoms in total.